The van der Waals surface area contributed by atoms with Gasteiger partial charge in [0.15, 0.2) is 0 Å². The number of pyridine rings is 1. The molecule has 0 amide bonds. The summed E-state index contributed by atoms with van der Waals surface area (Å²) in [6, 6.07) is 7.23. The first-order valence-corrected chi connectivity index (χ1v) is 7.36. The second-order valence-corrected chi connectivity index (χ2v) is 5.67. The predicted octanol–water partition coefficient (Wildman–Crippen LogP) is 4.18. The first kappa shape index (κ1) is 14.7. The van der Waals surface area contributed by atoms with Crippen LogP contribution in [0.3, 0.4) is 0 Å². The lowest BCUT2D eigenvalue weighted by Crippen LogP contribution is -2.22. The molecule has 5 heteroatoms. The largest absolute Gasteiger partial charge is 0.306 e. The molecule has 1 heterocycles. The average Bonchev–Trinajstić information content (AvgIpc) is 2.39. The zero-order chi connectivity index (χ0) is 13.8. The van der Waals surface area contributed by atoms with E-state index >= 15 is 0 Å². The molecule has 0 saturated carbocycles. The van der Waals surface area contributed by atoms with Crippen molar-refractivity contribution < 1.29 is 4.39 Å². The summed E-state index contributed by atoms with van der Waals surface area (Å²) >= 11 is 8.33. The fraction of sp³-hybridized carbons (Fsp3) is 0.214. The van der Waals surface area contributed by atoms with E-state index in [2.05, 4.69) is 32.9 Å². The minimum Gasteiger partial charge on any atom is -0.306 e. The van der Waals surface area contributed by atoms with Crippen molar-refractivity contribution in [2.24, 2.45) is 0 Å². The molecule has 0 aliphatic rings. The lowest BCUT2D eigenvalue weighted by atomic mass is 10.00. The van der Waals surface area contributed by atoms with Gasteiger partial charge in [0, 0.05) is 9.77 Å². The highest BCUT2D eigenvalue weighted by Gasteiger charge is 2.15. The van der Waals surface area contributed by atoms with Crippen LogP contribution in [0.4, 0.5) is 4.39 Å². The Labute approximate surface area is 130 Å². The number of nitrogens with zero attached hydrogens (tertiary/aromatic N) is 1. The topological polar surface area (TPSA) is 24.9 Å². The van der Waals surface area contributed by atoms with Crippen molar-refractivity contribution in [1.29, 1.82) is 0 Å². The van der Waals surface area contributed by atoms with Gasteiger partial charge in [-0.1, -0.05) is 24.6 Å². The van der Waals surface area contributed by atoms with E-state index in [1.807, 2.05) is 25.1 Å². The van der Waals surface area contributed by atoms with Crippen LogP contribution in [-0.2, 0) is 0 Å². The molecule has 0 aliphatic heterocycles. The summed E-state index contributed by atoms with van der Waals surface area (Å²) in [4.78, 5) is 3.90. The van der Waals surface area contributed by atoms with E-state index in [1.165, 1.54) is 12.3 Å². The molecule has 1 N–H and O–H groups in total. The molecular formula is C14H13ClFIN2. The van der Waals surface area contributed by atoms with E-state index in [0.717, 1.165) is 21.2 Å². The highest BCUT2D eigenvalue weighted by molar-refractivity contribution is 14.1. The van der Waals surface area contributed by atoms with E-state index in [9.17, 15) is 4.39 Å². The summed E-state index contributed by atoms with van der Waals surface area (Å²) in [6.07, 6.45) is 2.87. The van der Waals surface area contributed by atoms with E-state index in [0.29, 0.717) is 5.02 Å². The number of benzene rings is 1. The van der Waals surface area contributed by atoms with Gasteiger partial charge in [-0.05, 0) is 58.5 Å². The van der Waals surface area contributed by atoms with Gasteiger partial charge < -0.3 is 5.32 Å². The predicted molar refractivity (Wildman–Crippen MR) is 83.9 cm³/mol. The van der Waals surface area contributed by atoms with Gasteiger partial charge in [0.05, 0.1) is 17.3 Å². The third-order valence-corrected chi connectivity index (χ3v) is 4.32. The summed E-state index contributed by atoms with van der Waals surface area (Å²) in [5.74, 6) is -0.336. The summed E-state index contributed by atoms with van der Waals surface area (Å²) in [6.45, 7) is 2.78. The average molecular weight is 391 g/mol. The molecule has 0 aliphatic carbocycles. The Bertz CT molecular complexity index is 577. The highest BCUT2D eigenvalue weighted by Crippen LogP contribution is 2.27. The Balaban J connectivity index is 2.42. The van der Waals surface area contributed by atoms with Gasteiger partial charge in [0.25, 0.3) is 0 Å². The maximum Gasteiger partial charge on any atom is 0.141 e. The van der Waals surface area contributed by atoms with E-state index in [4.69, 9.17) is 11.6 Å². The second kappa shape index (κ2) is 6.63. The van der Waals surface area contributed by atoms with Gasteiger partial charge in [-0.2, -0.15) is 0 Å². The standard InChI is InChI=1S/C14H13ClFIN2/c1-2-19-14(10-5-11(16)8-18-7-10)9-3-4-13(17)12(15)6-9/h3-8,14,19H,2H2,1H3. The fourth-order valence-electron chi connectivity index (χ4n) is 1.91. The Kier molecular flexibility index (Phi) is 5.13. The molecule has 0 bridgehead atoms. The molecule has 0 fully saturated rings. The van der Waals surface area contributed by atoms with Crippen LogP contribution in [0.1, 0.15) is 24.1 Å². The minimum absolute atomic E-state index is 0.109. The molecule has 1 aromatic carbocycles. The molecule has 2 aromatic rings. The van der Waals surface area contributed by atoms with Crippen LogP contribution >= 0.6 is 34.2 Å². The van der Waals surface area contributed by atoms with Crippen molar-refractivity contribution in [1.82, 2.24) is 10.3 Å². The van der Waals surface area contributed by atoms with Crippen LogP contribution in [0.5, 0.6) is 0 Å². The van der Waals surface area contributed by atoms with Crippen LogP contribution in [0.25, 0.3) is 0 Å². The number of nitrogens with one attached hydrogen (secondary N) is 1. The van der Waals surface area contributed by atoms with E-state index in [1.54, 1.807) is 6.20 Å². The third-order valence-electron chi connectivity index (χ3n) is 2.74. The molecular weight excluding hydrogens is 378 g/mol. The van der Waals surface area contributed by atoms with Crippen molar-refractivity contribution in [2.45, 2.75) is 13.0 Å². The number of hydrogen-bond acceptors (Lipinski definition) is 2. The van der Waals surface area contributed by atoms with E-state index in [-0.39, 0.29) is 11.9 Å². The smallest absolute Gasteiger partial charge is 0.141 e. The zero-order valence-corrected chi connectivity index (χ0v) is 13.2. The fourth-order valence-corrected chi connectivity index (χ4v) is 2.43. The maximum absolute atomic E-state index is 13.3. The van der Waals surface area contributed by atoms with Crippen molar-refractivity contribution in [3.8, 4) is 0 Å². The van der Waals surface area contributed by atoms with Gasteiger partial charge in [0.2, 0.25) is 0 Å². The molecule has 1 unspecified atom stereocenters. The Morgan fingerprint density at radius 2 is 2.11 bits per heavy atom. The van der Waals surface area contributed by atoms with Gasteiger partial charge in [-0.3, -0.25) is 4.98 Å². The van der Waals surface area contributed by atoms with Crippen LogP contribution in [0.15, 0.2) is 36.7 Å². The molecule has 0 spiro atoms. The second-order valence-electron chi connectivity index (χ2n) is 4.10. The SMILES string of the molecule is CCNC(c1cncc(F)c1)c1ccc(I)c(Cl)c1. The van der Waals surface area contributed by atoms with Crippen LogP contribution in [0.2, 0.25) is 5.02 Å². The molecule has 0 saturated heterocycles. The van der Waals surface area contributed by atoms with Gasteiger partial charge in [-0.25, -0.2) is 4.39 Å². The van der Waals surface area contributed by atoms with Crippen molar-refractivity contribution in [3.63, 3.8) is 0 Å². The molecule has 100 valence electrons. The first-order chi connectivity index (χ1) is 9.11. The lowest BCUT2D eigenvalue weighted by molar-refractivity contribution is 0.596. The zero-order valence-electron chi connectivity index (χ0n) is 10.3. The van der Waals surface area contributed by atoms with Crippen molar-refractivity contribution in [2.75, 3.05) is 6.54 Å². The summed E-state index contributed by atoms with van der Waals surface area (Å²) in [5, 5.41) is 4.02. The van der Waals surface area contributed by atoms with Crippen LogP contribution in [0, 0.1) is 9.39 Å². The molecule has 0 radical (unpaired) electrons. The Morgan fingerprint density at radius 3 is 2.74 bits per heavy atom. The molecule has 1 aromatic heterocycles. The van der Waals surface area contributed by atoms with E-state index < -0.39 is 0 Å². The molecule has 2 nitrogen and oxygen atoms in total. The number of aromatic nitrogens is 1. The van der Waals surface area contributed by atoms with Crippen LogP contribution in [-0.4, -0.2) is 11.5 Å². The number of rotatable bonds is 4. The first-order valence-electron chi connectivity index (χ1n) is 5.90. The normalized spacial score (nSPS) is 12.4. The van der Waals surface area contributed by atoms with Gasteiger partial charge in [0.1, 0.15) is 5.82 Å². The summed E-state index contributed by atoms with van der Waals surface area (Å²) in [7, 11) is 0. The van der Waals surface area contributed by atoms with Crippen molar-refractivity contribution in [3.05, 3.63) is 62.2 Å². The number of halogens is 3. The quantitative estimate of drug-likeness (QED) is 0.792. The summed E-state index contributed by atoms with van der Waals surface area (Å²) < 4.78 is 14.3. The maximum atomic E-state index is 13.3. The monoisotopic (exact) mass is 390 g/mol. The highest BCUT2D eigenvalue weighted by atomic mass is 127. The molecule has 19 heavy (non-hydrogen) atoms. The Hall–Kier alpha value is -0.720. The minimum atomic E-state index is -0.336. The Morgan fingerprint density at radius 1 is 1.32 bits per heavy atom. The van der Waals surface area contributed by atoms with Gasteiger partial charge >= 0.3 is 0 Å². The molecule has 2 rings (SSSR count). The molecule has 1 atom stereocenters. The van der Waals surface area contributed by atoms with Gasteiger partial charge in [-0.15, -0.1) is 0 Å². The number of hydrogen-bond donors (Lipinski definition) is 1. The summed E-state index contributed by atoms with van der Waals surface area (Å²) in [5.41, 5.74) is 1.79. The van der Waals surface area contributed by atoms with Crippen molar-refractivity contribution >= 4 is 34.2 Å². The lowest BCUT2D eigenvalue weighted by Gasteiger charge is -2.19. The third kappa shape index (κ3) is 3.64. The van der Waals surface area contributed by atoms with Crippen LogP contribution < -0.4 is 5.32 Å².